The lowest BCUT2D eigenvalue weighted by molar-refractivity contribution is 0.0730. The highest BCUT2D eigenvalue weighted by Crippen LogP contribution is 2.30. The Bertz CT molecular complexity index is 1260. The van der Waals surface area contributed by atoms with Gasteiger partial charge in [0.15, 0.2) is 0 Å². The van der Waals surface area contributed by atoms with E-state index in [0.29, 0.717) is 31.0 Å². The van der Waals surface area contributed by atoms with Crippen molar-refractivity contribution in [2.24, 2.45) is 0 Å². The number of rotatable bonds is 4. The van der Waals surface area contributed by atoms with Gasteiger partial charge in [-0.15, -0.1) is 0 Å². The van der Waals surface area contributed by atoms with Gasteiger partial charge in [0.25, 0.3) is 5.91 Å². The summed E-state index contributed by atoms with van der Waals surface area (Å²) in [7, 11) is 0. The molecule has 0 saturated carbocycles. The maximum Gasteiger partial charge on any atom is 0.257 e. The third kappa shape index (κ3) is 3.67. The summed E-state index contributed by atoms with van der Waals surface area (Å²) in [5, 5.41) is 6.06. The topological polar surface area (TPSA) is 55.6 Å². The van der Waals surface area contributed by atoms with E-state index in [4.69, 9.17) is 9.26 Å². The maximum atomic E-state index is 13.6. The second kappa shape index (κ2) is 7.91. The summed E-state index contributed by atoms with van der Waals surface area (Å²) >= 11 is 0. The number of benzene rings is 3. The Labute approximate surface area is 181 Å². The van der Waals surface area contributed by atoms with E-state index >= 15 is 0 Å². The van der Waals surface area contributed by atoms with Gasteiger partial charge >= 0.3 is 0 Å². The van der Waals surface area contributed by atoms with Crippen molar-refractivity contribution in [3.8, 4) is 5.75 Å². The molecule has 31 heavy (non-hydrogen) atoms. The van der Waals surface area contributed by atoms with Crippen LogP contribution in [-0.2, 0) is 19.6 Å². The normalized spacial score (nSPS) is 13.3. The monoisotopic (exact) mass is 412 g/mol. The Balaban J connectivity index is 1.49. The third-order valence-corrected chi connectivity index (χ3v) is 6.05. The number of ether oxygens (including phenoxy) is 1. The number of hydrogen-bond donors (Lipinski definition) is 0. The molecule has 1 aliphatic heterocycles. The summed E-state index contributed by atoms with van der Waals surface area (Å²) in [6, 6.07) is 20.3. The van der Waals surface area contributed by atoms with Crippen LogP contribution in [0.4, 0.5) is 0 Å². The van der Waals surface area contributed by atoms with Gasteiger partial charge in [-0.3, -0.25) is 4.79 Å². The number of fused-ring (bicyclic) bond motifs is 2. The molecule has 2 heterocycles. The minimum absolute atomic E-state index is 0.00554. The van der Waals surface area contributed by atoms with E-state index in [-0.39, 0.29) is 5.91 Å². The van der Waals surface area contributed by atoms with Gasteiger partial charge in [0.2, 0.25) is 0 Å². The first-order valence-corrected chi connectivity index (χ1v) is 10.5. The molecule has 0 spiro atoms. The van der Waals surface area contributed by atoms with E-state index in [1.165, 1.54) is 11.1 Å². The molecular formula is C26H24N2O3. The van der Waals surface area contributed by atoms with Crippen LogP contribution in [0.2, 0.25) is 0 Å². The highest BCUT2D eigenvalue weighted by molar-refractivity contribution is 6.01. The molecule has 5 nitrogen and oxygen atoms in total. The zero-order valence-corrected chi connectivity index (χ0v) is 17.7. The van der Waals surface area contributed by atoms with Crippen molar-refractivity contribution in [1.29, 1.82) is 0 Å². The molecule has 0 saturated heterocycles. The second-order valence-corrected chi connectivity index (χ2v) is 8.03. The lowest BCUT2D eigenvalue weighted by atomic mass is 9.98. The minimum atomic E-state index is -0.00554. The first-order chi connectivity index (χ1) is 15.1. The summed E-state index contributed by atoms with van der Waals surface area (Å²) < 4.78 is 11.4. The van der Waals surface area contributed by atoms with E-state index in [2.05, 4.69) is 23.4 Å². The minimum Gasteiger partial charge on any atom is -0.488 e. The number of carbonyl (C=O) groups is 1. The van der Waals surface area contributed by atoms with Crippen molar-refractivity contribution >= 4 is 16.7 Å². The number of aromatic nitrogens is 1. The Morgan fingerprint density at radius 1 is 1.03 bits per heavy atom. The molecule has 0 bridgehead atoms. The zero-order chi connectivity index (χ0) is 21.4. The van der Waals surface area contributed by atoms with Gasteiger partial charge in [-0.1, -0.05) is 53.7 Å². The van der Waals surface area contributed by atoms with Gasteiger partial charge in [0.1, 0.15) is 18.1 Å². The van der Waals surface area contributed by atoms with Crippen LogP contribution in [0.15, 0.2) is 65.2 Å². The Hall–Kier alpha value is -3.60. The molecule has 0 fully saturated rings. The number of aryl methyl sites for hydroxylation is 2. The highest BCUT2D eigenvalue weighted by Gasteiger charge is 2.25. The van der Waals surface area contributed by atoms with Crippen LogP contribution in [0.1, 0.15) is 38.5 Å². The molecule has 0 atom stereocenters. The molecule has 1 aromatic heterocycles. The summed E-state index contributed by atoms with van der Waals surface area (Å²) in [5.74, 6) is 1.32. The molecule has 1 amide bonds. The van der Waals surface area contributed by atoms with Crippen molar-refractivity contribution < 1.29 is 14.1 Å². The number of nitrogens with zero attached hydrogens (tertiary/aromatic N) is 2. The molecule has 5 heteroatoms. The summed E-state index contributed by atoms with van der Waals surface area (Å²) in [6.45, 7) is 5.39. The van der Waals surface area contributed by atoms with E-state index in [9.17, 15) is 4.79 Å². The predicted octanol–water partition coefficient (Wildman–Crippen LogP) is 5.22. The van der Waals surface area contributed by atoms with Crippen molar-refractivity contribution in [1.82, 2.24) is 10.1 Å². The van der Waals surface area contributed by atoms with Crippen LogP contribution in [0.3, 0.4) is 0 Å². The van der Waals surface area contributed by atoms with E-state index in [0.717, 1.165) is 34.2 Å². The SMILES string of the molecule is Cc1noc(C)c1COc1cc2ccccc2cc1C(=O)N1CCc2ccccc2C1. The molecule has 3 aromatic carbocycles. The summed E-state index contributed by atoms with van der Waals surface area (Å²) in [4.78, 5) is 15.5. The van der Waals surface area contributed by atoms with Crippen molar-refractivity contribution in [3.63, 3.8) is 0 Å². The predicted molar refractivity (Wildman–Crippen MR) is 119 cm³/mol. The first kappa shape index (κ1) is 19.4. The van der Waals surface area contributed by atoms with E-state index in [1.54, 1.807) is 0 Å². The fourth-order valence-corrected chi connectivity index (χ4v) is 4.20. The standard InChI is InChI=1S/C26H24N2O3/c1-17-24(18(2)31-27-17)16-30-25-14-21-9-5-4-8-20(21)13-23(25)26(29)28-12-11-19-7-3-6-10-22(19)15-28/h3-10,13-14H,11-12,15-16H2,1-2H3. The fraction of sp³-hybridized carbons (Fsp3) is 0.231. The number of amides is 1. The molecule has 0 N–H and O–H groups in total. The molecule has 1 aliphatic rings. The molecule has 0 radical (unpaired) electrons. The average Bonchev–Trinajstić information content (AvgIpc) is 3.13. The molecule has 0 aliphatic carbocycles. The smallest absolute Gasteiger partial charge is 0.257 e. The fourth-order valence-electron chi connectivity index (χ4n) is 4.20. The van der Waals surface area contributed by atoms with Crippen LogP contribution in [-0.4, -0.2) is 22.5 Å². The lowest BCUT2D eigenvalue weighted by Gasteiger charge is -2.29. The number of carbonyl (C=O) groups excluding carboxylic acids is 1. The van der Waals surface area contributed by atoms with Crippen LogP contribution >= 0.6 is 0 Å². The van der Waals surface area contributed by atoms with Crippen LogP contribution in [0.25, 0.3) is 10.8 Å². The maximum absolute atomic E-state index is 13.6. The zero-order valence-electron chi connectivity index (χ0n) is 17.7. The van der Waals surface area contributed by atoms with Crippen LogP contribution in [0.5, 0.6) is 5.75 Å². The molecular weight excluding hydrogens is 388 g/mol. The molecule has 5 rings (SSSR count). The van der Waals surface area contributed by atoms with Gasteiger partial charge in [-0.25, -0.2) is 0 Å². The molecule has 156 valence electrons. The lowest BCUT2D eigenvalue weighted by Crippen LogP contribution is -2.36. The summed E-state index contributed by atoms with van der Waals surface area (Å²) in [5.41, 5.74) is 4.84. The Morgan fingerprint density at radius 2 is 1.74 bits per heavy atom. The van der Waals surface area contributed by atoms with Gasteiger partial charge in [-0.05, 0) is 54.3 Å². The van der Waals surface area contributed by atoms with E-state index < -0.39 is 0 Å². The van der Waals surface area contributed by atoms with Crippen LogP contribution < -0.4 is 4.74 Å². The van der Waals surface area contributed by atoms with Gasteiger partial charge in [0, 0.05) is 13.1 Å². The van der Waals surface area contributed by atoms with Gasteiger partial charge in [-0.2, -0.15) is 0 Å². The second-order valence-electron chi connectivity index (χ2n) is 8.03. The first-order valence-electron chi connectivity index (χ1n) is 10.5. The molecule has 4 aromatic rings. The Kier molecular flexibility index (Phi) is 4.94. The van der Waals surface area contributed by atoms with Crippen molar-refractivity contribution in [2.75, 3.05) is 6.54 Å². The quantitative estimate of drug-likeness (QED) is 0.461. The van der Waals surface area contributed by atoms with Gasteiger partial charge in [0.05, 0.1) is 16.8 Å². The Morgan fingerprint density at radius 3 is 2.48 bits per heavy atom. The van der Waals surface area contributed by atoms with Gasteiger partial charge < -0.3 is 14.2 Å². The van der Waals surface area contributed by atoms with Crippen molar-refractivity contribution in [3.05, 3.63) is 94.4 Å². The highest BCUT2D eigenvalue weighted by atomic mass is 16.5. The number of hydrogen-bond acceptors (Lipinski definition) is 4. The molecule has 0 unspecified atom stereocenters. The van der Waals surface area contributed by atoms with Crippen molar-refractivity contribution in [2.45, 2.75) is 33.4 Å². The third-order valence-electron chi connectivity index (χ3n) is 6.05. The van der Waals surface area contributed by atoms with E-state index in [1.807, 2.05) is 61.2 Å². The summed E-state index contributed by atoms with van der Waals surface area (Å²) in [6.07, 6.45) is 0.866. The average molecular weight is 412 g/mol. The van der Waals surface area contributed by atoms with Crippen LogP contribution in [0, 0.1) is 13.8 Å². The largest absolute Gasteiger partial charge is 0.488 e.